The van der Waals surface area contributed by atoms with Crippen LogP contribution in [0.4, 0.5) is 4.79 Å². The lowest BCUT2D eigenvalue weighted by Crippen LogP contribution is -2.31. The molecule has 0 unspecified atom stereocenters. The molecular formula is C16H15N3O2. The molecule has 5 nitrogen and oxygen atoms in total. The lowest BCUT2D eigenvalue weighted by molar-refractivity contribution is 0.238. The SMILES string of the molecule is O=C(NCCOc1ccccc1)n1cnc2ccccc21. The number of aromatic nitrogens is 2. The zero-order chi connectivity index (χ0) is 14.5. The van der Waals surface area contributed by atoms with Gasteiger partial charge >= 0.3 is 6.03 Å². The van der Waals surface area contributed by atoms with Crippen molar-refractivity contribution >= 4 is 17.1 Å². The summed E-state index contributed by atoms with van der Waals surface area (Å²) in [6, 6.07) is 16.8. The molecule has 1 heterocycles. The zero-order valence-corrected chi connectivity index (χ0v) is 11.4. The number of amides is 1. The highest BCUT2D eigenvalue weighted by Gasteiger charge is 2.08. The van der Waals surface area contributed by atoms with E-state index >= 15 is 0 Å². The Hall–Kier alpha value is -2.82. The molecule has 1 N–H and O–H groups in total. The molecule has 106 valence electrons. The molecule has 3 rings (SSSR count). The van der Waals surface area contributed by atoms with E-state index < -0.39 is 0 Å². The third kappa shape index (κ3) is 3.02. The summed E-state index contributed by atoms with van der Waals surface area (Å²) in [5.74, 6) is 0.792. The number of benzene rings is 2. The van der Waals surface area contributed by atoms with Gasteiger partial charge < -0.3 is 10.1 Å². The van der Waals surface area contributed by atoms with Crippen molar-refractivity contribution in [2.45, 2.75) is 0 Å². The molecule has 0 atom stereocenters. The molecule has 0 aliphatic carbocycles. The predicted molar refractivity (Wildman–Crippen MR) is 80.5 cm³/mol. The zero-order valence-electron chi connectivity index (χ0n) is 11.4. The van der Waals surface area contributed by atoms with Crippen LogP contribution >= 0.6 is 0 Å². The summed E-state index contributed by atoms with van der Waals surface area (Å²) in [6.07, 6.45) is 1.53. The summed E-state index contributed by atoms with van der Waals surface area (Å²) in [5.41, 5.74) is 1.59. The van der Waals surface area contributed by atoms with Crippen molar-refractivity contribution in [1.29, 1.82) is 0 Å². The number of imidazole rings is 1. The Morgan fingerprint density at radius 3 is 2.71 bits per heavy atom. The number of carbonyl (C=O) groups excluding carboxylic acids is 1. The Kier molecular flexibility index (Phi) is 3.82. The third-order valence-corrected chi connectivity index (χ3v) is 3.06. The van der Waals surface area contributed by atoms with Crippen LogP contribution in [0.2, 0.25) is 0 Å². The Balaban J connectivity index is 1.55. The van der Waals surface area contributed by atoms with Crippen LogP contribution in [0.25, 0.3) is 11.0 Å². The predicted octanol–water partition coefficient (Wildman–Crippen LogP) is 2.67. The summed E-state index contributed by atoms with van der Waals surface area (Å²) in [5, 5.41) is 2.81. The van der Waals surface area contributed by atoms with Crippen molar-refractivity contribution in [1.82, 2.24) is 14.9 Å². The van der Waals surface area contributed by atoms with Crippen LogP contribution in [0.15, 0.2) is 60.9 Å². The van der Waals surface area contributed by atoms with Crippen LogP contribution in [0.3, 0.4) is 0 Å². The summed E-state index contributed by atoms with van der Waals surface area (Å²) < 4.78 is 7.02. The van der Waals surface area contributed by atoms with Crippen LogP contribution in [0, 0.1) is 0 Å². The average Bonchev–Trinajstić information content (AvgIpc) is 2.96. The molecule has 0 saturated heterocycles. The van der Waals surface area contributed by atoms with Crippen molar-refractivity contribution in [2.75, 3.05) is 13.2 Å². The normalized spacial score (nSPS) is 10.5. The van der Waals surface area contributed by atoms with Crippen molar-refractivity contribution in [3.63, 3.8) is 0 Å². The first-order chi connectivity index (χ1) is 10.3. The Morgan fingerprint density at radius 2 is 1.86 bits per heavy atom. The minimum Gasteiger partial charge on any atom is -0.492 e. The molecule has 0 saturated carbocycles. The molecule has 2 aromatic carbocycles. The molecule has 0 fully saturated rings. The molecule has 1 amide bonds. The van der Waals surface area contributed by atoms with Crippen LogP contribution in [-0.2, 0) is 0 Å². The van der Waals surface area contributed by atoms with Crippen molar-refractivity contribution in [3.05, 3.63) is 60.9 Å². The second kappa shape index (κ2) is 6.09. The monoisotopic (exact) mass is 281 g/mol. The lowest BCUT2D eigenvalue weighted by atomic mass is 10.3. The summed E-state index contributed by atoms with van der Waals surface area (Å²) in [7, 11) is 0. The fourth-order valence-corrected chi connectivity index (χ4v) is 2.05. The van der Waals surface area contributed by atoms with Gasteiger partial charge in [-0.05, 0) is 24.3 Å². The van der Waals surface area contributed by atoms with Gasteiger partial charge in [-0.1, -0.05) is 30.3 Å². The van der Waals surface area contributed by atoms with Crippen molar-refractivity contribution < 1.29 is 9.53 Å². The van der Waals surface area contributed by atoms with E-state index in [2.05, 4.69) is 10.3 Å². The van der Waals surface area contributed by atoms with Crippen molar-refractivity contribution in [2.24, 2.45) is 0 Å². The van der Waals surface area contributed by atoms with E-state index in [-0.39, 0.29) is 6.03 Å². The summed E-state index contributed by atoms with van der Waals surface area (Å²) in [4.78, 5) is 16.3. The third-order valence-electron chi connectivity index (χ3n) is 3.06. The second-order valence-corrected chi connectivity index (χ2v) is 4.50. The number of nitrogens with one attached hydrogen (secondary N) is 1. The van der Waals surface area contributed by atoms with Crippen molar-refractivity contribution in [3.8, 4) is 5.75 Å². The minimum absolute atomic E-state index is 0.208. The molecule has 3 aromatic rings. The number of ether oxygens (including phenoxy) is 1. The highest BCUT2D eigenvalue weighted by molar-refractivity contribution is 5.88. The van der Waals surface area contributed by atoms with Gasteiger partial charge in [-0.2, -0.15) is 0 Å². The molecule has 0 aliphatic heterocycles. The topological polar surface area (TPSA) is 56.1 Å². The largest absolute Gasteiger partial charge is 0.492 e. The molecule has 0 aliphatic rings. The lowest BCUT2D eigenvalue weighted by Gasteiger charge is -2.08. The number of rotatable bonds is 4. The highest BCUT2D eigenvalue weighted by Crippen LogP contribution is 2.11. The van der Waals surface area contributed by atoms with Gasteiger partial charge in [-0.25, -0.2) is 9.78 Å². The number of hydrogen-bond donors (Lipinski definition) is 1. The van der Waals surface area contributed by atoms with E-state index in [1.165, 1.54) is 10.9 Å². The molecule has 0 radical (unpaired) electrons. The summed E-state index contributed by atoms with van der Waals surface area (Å²) >= 11 is 0. The van der Waals surface area contributed by atoms with Gasteiger partial charge in [0, 0.05) is 0 Å². The number of para-hydroxylation sites is 3. The van der Waals surface area contributed by atoms with Crippen LogP contribution in [0.5, 0.6) is 5.75 Å². The van der Waals surface area contributed by atoms with E-state index in [0.29, 0.717) is 13.2 Å². The Bertz CT molecular complexity index is 737. The minimum atomic E-state index is -0.208. The van der Waals surface area contributed by atoms with Crippen LogP contribution < -0.4 is 10.1 Å². The first-order valence-corrected chi connectivity index (χ1v) is 6.73. The Morgan fingerprint density at radius 1 is 1.10 bits per heavy atom. The first-order valence-electron chi connectivity index (χ1n) is 6.73. The second-order valence-electron chi connectivity index (χ2n) is 4.50. The fraction of sp³-hybridized carbons (Fsp3) is 0.125. The van der Waals surface area contributed by atoms with E-state index in [4.69, 9.17) is 4.74 Å². The van der Waals surface area contributed by atoms with Gasteiger partial charge in [0.05, 0.1) is 17.6 Å². The van der Waals surface area contributed by atoms with Gasteiger partial charge in [0.1, 0.15) is 18.7 Å². The molecule has 0 spiro atoms. The van der Waals surface area contributed by atoms with Crippen LogP contribution in [0.1, 0.15) is 0 Å². The van der Waals surface area contributed by atoms with Gasteiger partial charge in [0.15, 0.2) is 0 Å². The van der Waals surface area contributed by atoms with E-state index in [9.17, 15) is 4.79 Å². The standard InChI is InChI=1S/C16H15N3O2/c20-16(17-10-11-21-13-6-2-1-3-7-13)19-12-18-14-8-4-5-9-15(14)19/h1-9,12H,10-11H2,(H,17,20). The molecular weight excluding hydrogens is 266 g/mol. The van der Waals surface area contributed by atoms with E-state index in [0.717, 1.165) is 16.8 Å². The van der Waals surface area contributed by atoms with Gasteiger partial charge in [0.2, 0.25) is 0 Å². The van der Waals surface area contributed by atoms with Gasteiger partial charge in [-0.3, -0.25) is 4.57 Å². The molecule has 21 heavy (non-hydrogen) atoms. The number of fused-ring (bicyclic) bond motifs is 1. The molecule has 0 bridgehead atoms. The summed E-state index contributed by atoms with van der Waals surface area (Å²) in [6.45, 7) is 0.850. The molecule has 5 heteroatoms. The van der Waals surface area contributed by atoms with Crippen LogP contribution in [-0.4, -0.2) is 28.7 Å². The maximum Gasteiger partial charge on any atom is 0.327 e. The highest BCUT2D eigenvalue weighted by atomic mass is 16.5. The number of nitrogens with zero attached hydrogens (tertiary/aromatic N) is 2. The Labute approximate surface area is 122 Å². The van der Waals surface area contributed by atoms with Gasteiger partial charge in [0.25, 0.3) is 0 Å². The quantitative estimate of drug-likeness (QED) is 0.748. The smallest absolute Gasteiger partial charge is 0.327 e. The number of carbonyl (C=O) groups is 1. The maximum absolute atomic E-state index is 12.1. The maximum atomic E-state index is 12.1. The van der Waals surface area contributed by atoms with Gasteiger partial charge in [-0.15, -0.1) is 0 Å². The average molecular weight is 281 g/mol. The van der Waals surface area contributed by atoms with E-state index in [1.807, 2.05) is 54.6 Å². The van der Waals surface area contributed by atoms with E-state index in [1.54, 1.807) is 0 Å². The first kappa shape index (κ1) is 13.2. The number of hydrogen-bond acceptors (Lipinski definition) is 3. The molecule has 1 aromatic heterocycles. The fourth-order valence-electron chi connectivity index (χ4n) is 2.05.